The Bertz CT molecular complexity index is 1330. The summed E-state index contributed by atoms with van der Waals surface area (Å²) in [4.78, 5) is 26.0. The van der Waals surface area contributed by atoms with Gasteiger partial charge in [0.05, 0.1) is 27.4 Å². The van der Waals surface area contributed by atoms with Gasteiger partial charge in [0.15, 0.2) is 11.6 Å². The van der Waals surface area contributed by atoms with E-state index in [-0.39, 0.29) is 39.6 Å². The highest BCUT2D eigenvalue weighted by Crippen LogP contribution is 2.38. The fourth-order valence-corrected chi connectivity index (χ4v) is 4.34. The highest BCUT2D eigenvalue weighted by Gasteiger charge is 2.33. The smallest absolute Gasteiger partial charge is 0.196 e. The average Bonchev–Trinajstić information content (AvgIpc) is 2.72. The topological polar surface area (TPSA) is 115 Å². The summed E-state index contributed by atoms with van der Waals surface area (Å²) in [5.74, 6) is -0.674. The van der Waals surface area contributed by atoms with E-state index in [1.165, 1.54) is 12.1 Å². The molecule has 1 aliphatic rings. The van der Waals surface area contributed by atoms with Gasteiger partial charge in [0.2, 0.25) is 0 Å². The van der Waals surface area contributed by atoms with Crippen molar-refractivity contribution in [3.05, 3.63) is 82.4 Å². The van der Waals surface area contributed by atoms with Crippen molar-refractivity contribution in [2.24, 2.45) is 0 Å². The maximum absolute atomic E-state index is 13.3. The molecule has 0 heterocycles. The van der Waals surface area contributed by atoms with Crippen LogP contribution in [-0.4, -0.2) is 31.6 Å². The van der Waals surface area contributed by atoms with Crippen molar-refractivity contribution in [3.63, 3.8) is 0 Å². The molecule has 0 aromatic heterocycles. The van der Waals surface area contributed by atoms with Crippen LogP contribution in [0.1, 0.15) is 37.4 Å². The van der Waals surface area contributed by atoms with Crippen molar-refractivity contribution >= 4 is 38.7 Å². The molecular formula is C22H17N2O5S-. The molecule has 1 aliphatic carbocycles. The van der Waals surface area contributed by atoms with Crippen LogP contribution < -0.4 is 10.6 Å². The second-order valence-corrected chi connectivity index (χ2v) is 8.29. The van der Waals surface area contributed by atoms with Crippen molar-refractivity contribution in [2.45, 2.75) is 11.8 Å². The first-order chi connectivity index (χ1) is 14.2. The van der Waals surface area contributed by atoms with Crippen LogP contribution in [-0.2, 0) is 10.1 Å². The van der Waals surface area contributed by atoms with Gasteiger partial charge in [0, 0.05) is 23.9 Å². The monoisotopic (exact) mass is 421 g/mol. The number of ketones is 2. The van der Waals surface area contributed by atoms with Crippen LogP contribution in [0.5, 0.6) is 0 Å². The molecule has 2 N–H and O–H groups in total. The molecule has 0 radical (unpaired) electrons. The fourth-order valence-electron chi connectivity index (χ4n) is 3.62. The first kappa shape index (κ1) is 19.8. The number of anilines is 3. The second kappa shape index (κ2) is 7.08. The lowest BCUT2D eigenvalue weighted by Crippen LogP contribution is -2.23. The molecule has 0 saturated heterocycles. The Morgan fingerprint density at radius 1 is 0.800 bits per heavy atom. The number of benzene rings is 3. The minimum Gasteiger partial charge on any atom is -0.744 e. The molecule has 7 nitrogen and oxygen atoms in total. The summed E-state index contributed by atoms with van der Waals surface area (Å²) >= 11 is 0. The average molecular weight is 421 g/mol. The van der Waals surface area contributed by atoms with Gasteiger partial charge in [-0.2, -0.15) is 0 Å². The third kappa shape index (κ3) is 3.16. The summed E-state index contributed by atoms with van der Waals surface area (Å²) in [5.41, 5.74) is 2.25. The van der Waals surface area contributed by atoms with E-state index in [1.807, 2.05) is 0 Å². The van der Waals surface area contributed by atoms with Crippen LogP contribution >= 0.6 is 0 Å². The van der Waals surface area contributed by atoms with Gasteiger partial charge in [-0.05, 0) is 36.8 Å². The fraction of sp³-hybridized carbons (Fsp3) is 0.0909. The molecule has 3 aromatic rings. The summed E-state index contributed by atoms with van der Waals surface area (Å²) in [6.07, 6.45) is 0. The summed E-state index contributed by atoms with van der Waals surface area (Å²) in [5, 5.41) is 5.81. The molecular weight excluding hydrogens is 404 g/mol. The molecule has 0 unspecified atom stereocenters. The van der Waals surface area contributed by atoms with Crippen LogP contribution in [0.25, 0.3) is 0 Å². The van der Waals surface area contributed by atoms with Gasteiger partial charge in [0.25, 0.3) is 0 Å². The van der Waals surface area contributed by atoms with E-state index in [2.05, 4.69) is 10.6 Å². The van der Waals surface area contributed by atoms with Crippen LogP contribution in [0.3, 0.4) is 0 Å². The molecule has 8 heteroatoms. The summed E-state index contributed by atoms with van der Waals surface area (Å²) < 4.78 is 35.2. The van der Waals surface area contributed by atoms with E-state index < -0.39 is 15.0 Å². The number of hydrogen-bond acceptors (Lipinski definition) is 7. The zero-order valence-corrected chi connectivity index (χ0v) is 17.0. The Morgan fingerprint density at radius 3 is 1.90 bits per heavy atom. The molecule has 30 heavy (non-hydrogen) atoms. The number of carbonyl (C=O) groups excluding carboxylic acids is 2. The van der Waals surface area contributed by atoms with Gasteiger partial charge in [0.1, 0.15) is 10.1 Å². The minimum atomic E-state index is -4.76. The largest absolute Gasteiger partial charge is 0.744 e. The predicted molar refractivity (Wildman–Crippen MR) is 112 cm³/mol. The lowest BCUT2D eigenvalue weighted by atomic mass is 9.82. The predicted octanol–water partition coefficient (Wildman–Crippen LogP) is 3.46. The Hall–Kier alpha value is -3.49. The summed E-state index contributed by atoms with van der Waals surface area (Å²) in [7, 11) is -3.12. The van der Waals surface area contributed by atoms with Gasteiger partial charge in [-0.25, -0.2) is 8.42 Å². The Morgan fingerprint density at radius 2 is 1.33 bits per heavy atom. The van der Waals surface area contributed by atoms with E-state index in [0.717, 1.165) is 0 Å². The van der Waals surface area contributed by atoms with Crippen LogP contribution in [0.2, 0.25) is 0 Å². The van der Waals surface area contributed by atoms with Gasteiger partial charge >= 0.3 is 0 Å². The Kier molecular flexibility index (Phi) is 4.68. The number of carbonyl (C=O) groups is 2. The SMILES string of the molecule is CNc1ccc(Nc2ccc(C)cc2S(=O)(=O)[O-])c2c1C(=O)c1ccccc1C2=O. The van der Waals surface area contributed by atoms with E-state index in [0.29, 0.717) is 16.8 Å². The third-order valence-corrected chi connectivity index (χ3v) is 5.90. The Balaban J connectivity index is 1.93. The Labute approximate surface area is 173 Å². The maximum atomic E-state index is 13.3. The van der Waals surface area contributed by atoms with E-state index in [1.54, 1.807) is 56.4 Å². The van der Waals surface area contributed by atoms with Gasteiger partial charge in [-0.15, -0.1) is 0 Å². The van der Waals surface area contributed by atoms with Crippen LogP contribution in [0.15, 0.2) is 59.5 Å². The van der Waals surface area contributed by atoms with Crippen molar-refractivity contribution in [1.82, 2.24) is 0 Å². The van der Waals surface area contributed by atoms with Gasteiger partial charge in [-0.1, -0.05) is 30.3 Å². The lowest BCUT2D eigenvalue weighted by Gasteiger charge is -2.24. The highest BCUT2D eigenvalue weighted by atomic mass is 32.2. The molecule has 0 amide bonds. The molecule has 0 atom stereocenters. The highest BCUT2D eigenvalue weighted by molar-refractivity contribution is 7.86. The third-order valence-electron chi connectivity index (χ3n) is 5.02. The van der Waals surface area contributed by atoms with Crippen LogP contribution in [0.4, 0.5) is 17.1 Å². The summed E-state index contributed by atoms with van der Waals surface area (Å²) in [6, 6.07) is 14.1. The van der Waals surface area contributed by atoms with Crippen molar-refractivity contribution < 1.29 is 22.6 Å². The standard InChI is InChI=1S/C22H18N2O5S/c1-12-7-8-15(18(11-12)30(27,28)29)24-17-10-9-16(23-2)19-20(17)22(26)14-6-4-3-5-13(14)21(19)25/h3-11,23-24H,1-2H3,(H,27,28,29)/p-1. The molecule has 0 aliphatic heterocycles. The second-order valence-electron chi connectivity index (χ2n) is 6.94. The van der Waals surface area contributed by atoms with Crippen molar-refractivity contribution in [2.75, 3.05) is 17.7 Å². The number of hydrogen-bond donors (Lipinski definition) is 2. The maximum Gasteiger partial charge on any atom is 0.196 e. The number of rotatable bonds is 4. The first-order valence-electron chi connectivity index (χ1n) is 9.09. The zero-order chi connectivity index (χ0) is 21.6. The zero-order valence-electron chi connectivity index (χ0n) is 16.1. The first-order valence-corrected chi connectivity index (χ1v) is 10.5. The van der Waals surface area contributed by atoms with E-state index >= 15 is 0 Å². The van der Waals surface area contributed by atoms with E-state index in [4.69, 9.17) is 0 Å². The molecule has 0 bridgehead atoms. The minimum absolute atomic E-state index is 0.0362. The van der Waals surface area contributed by atoms with Gasteiger partial charge in [-0.3, -0.25) is 9.59 Å². The molecule has 0 saturated carbocycles. The molecule has 3 aromatic carbocycles. The van der Waals surface area contributed by atoms with Crippen LogP contribution in [0, 0.1) is 6.92 Å². The van der Waals surface area contributed by atoms with Crippen molar-refractivity contribution in [1.29, 1.82) is 0 Å². The molecule has 0 spiro atoms. The molecule has 4 rings (SSSR count). The number of aryl methyl sites for hydroxylation is 1. The van der Waals surface area contributed by atoms with E-state index in [9.17, 15) is 22.6 Å². The normalized spacial score (nSPS) is 12.9. The summed E-state index contributed by atoms with van der Waals surface area (Å²) in [6.45, 7) is 1.67. The van der Waals surface area contributed by atoms with Crippen molar-refractivity contribution in [3.8, 4) is 0 Å². The number of nitrogens with one attached hydrogen (secondary N) is 2. The van der Waals surface area contributed by atoms with Gasteiger partial charge < -0.3 is 15.2 Å². The lowest BCUT2D eigenvalue weighted by molar-refractivity contribution is 0.0980. The number of fused-ring (bicyclic) bond motifs is 2. The molecule has 152 valence electrons. The quantitative estimate of drug-likeness (QED) is 0.485. The molecule has 0 fully saturated rings.